The second-order valence-corrected chi connectivity index (χ2v) is 4.29. The van der Waals surface area contributed by atoms with E-state index >= 15 is 0 Å². The minimum absolute atomic E-state index is 0.126. The molecular weight excluding hydrogens is 242 g/mol. The highest BCUT2D eigenvalue weighted by Gasteiger charge is 2.18. The van der Waals surface area contributed by atoms with E-state index < -0.39 is 6.04 Å². The van der Waals surface area contributed by atoms with Crippen molar-refractivity contribution in [3.8, 4) is 5.75 Å². The number of nitrogens with two attached hydrogens (primary N) is 1. The van der Waals surface area contributed by atoms with Crippen LogP contribution in [0.4, 0.5) is 0 Å². The van der Waals surface area contributed by atoms with Crippen LogP contribution in [0.15, 0.2) is 36.4 Å². The van der Waals surface area contributed by atoms with Gasteiger partial charge in [0.25, 0.3) is 0 Å². The average Bonchev–Trinajstić information content (AvgIpc) is 2.45. The SMILES string of the molecule is COC(=O)CC(N)c1c(OC)ccc2ccccc12. The fraction of sp³-hybridized carbons (Fsp3) is 0.267. The van der Waals surface area contributed by atoms with Crippen LogP contribution in [0.3, 0.4) is 0 Å². The first-order valence-corrected chi connectivity index (χ1v) is 6.05. The summed E-state index contributed by atoms with van der Waals surface area (Å²) >= 11 is 0. The highest BCUT2D eigenvalue weighted by Crippen LogP contribution is 2.33. The van der Waals surface area contributed by atoms with Crippen molar-refractivity contribution in [3.63, 3.8) is 0 Å². The summed E-state index contributed by atoms with van der Waals surface area (Å²) in [7, 11) is 2.95. The van der Waals surface area contributed by atoms with Crippen LogP contribution < -0.4 is 10.5 Å². The molecule has 0 saturated heterocycles. The van der Waals surface area contributed by atoms with E-state index in [2.05, 4.69) is 4.74 Å². The molecule has 0 fully saturated rings. The van der Waals surface area contributed by atoms with Crippen LogP contribution in [0.2, 0.25) is 0 Å². The van der Waals surface area contributed by atoms with Gasteiger partial charge in [-0.05, 0) is 16.8 Å². The Morgan fingerprint density at radius 3 is 2.63 bits per heavy atom. The average molecular weight is 259 g/mol. The maximum absolute atomic E-state index is 11.4. The Kier molecular flexibility index (Phi) is 4.02. The molecule has 0 saturated carbocycles. The van der Waals surface area contributed by atoms with E-state index in [1.165, 1.54) is 7.11 Å². The van der Waals surface area contributed by atoms with Crippen LogP contribution in [0.5, 0.6) is 5.75 Å². The molecule has 4 nitrogen and oxygen atoms in total. The van der Waals surface area contributed by atoms with Crippen molar-refractivity contribution < 1.29 is 14.3 Å². The van der Waals surface area contributed by atoms with Crippen LogP contribution in [0, 0.1) is 0 Å². The molecule has 0 bridgehead atoms. The number of fused-ring (bicyclic) bond motifs is 1. The molecule has 0 radical (unpaired) electrons. The van der Waals surface area contributed by atoms with Gasteiger partial charge in [-0.2, -0.15) is 0 Å². The van der Waals surface area contributed by atoms with Crippen molar-refractivity contribution in [1.82, 2.24) is 0 Å². The Bertz CT molecular complexity index is 595. The first kappa shape index (κ1) is 13.4. The number of hydrogen-bond donors (Lipinski definition) is 1. The molecule has 19 heavy (non-hydrogen) atoms. The number of hydrogen-bond acceptors (Lipinski definition) is 4. The van der Waals surface area contributed by atoms with Crippen LogP contribution in [0.1, 0.15) is 18.0 Å². The van der Waals surface area contributed by atoms with E-state index in [4.69, 9.17) is 10.5 Å². The minimum Gasteiger partial charge on any atom is -0.496 e. The second-order valence-electron chi connectivity index (χ2n) is 4.29. The Morgan fingerprint density at radius 1 is 1.21 bits per heavy atom. The predicted molar refractivity (Wildman–Crippen MR) is 74.1 cm³/mol. The van der Waals surface area contributed by atoms with Gasteiger partial charge in [0, 0.05) is 11.6 Å². The zero-order valence-electron chi connectivity index (χ0n) is 11.1. The molecule has 0 spiro atoms. The zero-order valence-corrected chi connectivity index (χ0v) is 11.1. The molecule has 0 aliphatic rings. The highest BCUT2D eigenvalue weighted by molar-refractivity contribution is 5.88. The van der Waals surface area contributed by atoms with E-state index in [0.29, 0.717) is 5.75 Å². The minimum atomic E-state index is -0.450. The summed E-state index contributed by atoms with van der Waals surface area (Å²) in [6.45, 7) is 0. The van der Waals surface area contributed by atoms with Crippen LogP contribution >= 0.6 is 0 Å². The molecule has 0 aliphatic carbocycles. The topological polar surface area (TPSA) is 61.5 Å². The smallest absolute Gasteiger partial charge is 0.307 e. The number of carbonyl (C=O) groups is 1. The summed E-state index contributed by atoms with van der Waals surface area (Å²) in [5.41, 5.74) is 6.97. The fourth-order valence-corrected chi connectivity index (χ4v) is 2.20. The Hall–Kier alpha value is -2.07. The lowest BCUT2D eigenvalue weighted by Crippen LogP contribution is -2.17. The molecular formula is C15H17NO3. The predicted octanol–water partition coefficient (Wildman–Crippen LogP) is 2.41. The Labute approximate surface area is 112 Å². The van der Waals surface area contributed by atoms with Crippen molar-refractivity contribution in [2.75, 3.05) is 14.2 Å². The third-order valence-electron chi connectivity index (χ3n) is 3.14. The first-order chi connectivity index (χ1) is 9.17. The maximum atomic E-state index is 11.4. The van der Waals surface area contributed by atoms with Crippen molar-refractivity contribution in [1.29, 1.82) is 0 Å². The summed E-state index contributed by atoms with van der Waals surface area (Å²) < 4.78 is 10.0. The van der Waals surface area contributed by atoms with E-state index in [0.717, 1.165) is 16.3 Å². The molecule has 0 heterocycles. The number of benzene rings is 2. The van der Waals surface area contributed by atoms with E-state index in [1.807, 2.05) is 36.4 Å². The van der Waals surface area contributed by atoms with Crippen molar-refractivity contribution in [2.45, 2.75) is 12.5 Å². The maximum Gasteiger partial charge on any atom is 0.307 e. The molecule has 2 aromatic carbocycles. The molecule has 0 aliphatic heterocycles. The van der Waals surface area contributed by atoms with Crippen LogP contribution in [-0.4, -0.2) is 20.2 Å². The van der Waals surface area contributed by atoms with Crippen LogP contribution in [-0.2, 0) is 9.53 Å². The number of esters is 1. The van der Waals surface area contributed by atoms with Gasteiger partial charge in [0.15, 0.2) is 0 Å². The normalized spacial score (nSPS) is 12.2. The first-order valence-electron chi connectivity index (χ1n) is 6.05. The van der Waals surface area contributed by atoms with Crippen LogP contribution in [0.25, 0.3) is 10.8 Å². The number of ether oxygens (including phenoxy) is 2. The van der Waals surface area contributed by atoms with Gasteiger partial charge in [0.05, 0.1) is 20.6 Å². The molecule has 0 aromatic heterocycles. The Balaban J connectivity index is 2.52. The zero-order chi connectivity index (χ0) is 13.8. The molecule has 2 rings (SSSR count). The summed E-state index contributed by atoms with van der Waals surface area (Å²) in [6.07, 6.45) is 0.126. The number of rotatable bonds is 4. The quantitative estimate of drug-likeness (QED) is 0.856. The van der Waals surface area contributed by atoms with Crippen molar-refractivity contribution in [3.05, 3.63) is 42.0 Å². The number of methoxy groups -OCH3 is 2. The van der Waals surface area contributed by atoms with Gasteiger partial charge in [0.2, 0.25) is 0 Å². The summed E-state index contributed by atoms with van der Waals surface area (Å²) in [4.78, 5) is 11.4. The standard InChI is InChI=1S/C15H17NO3/c1-18-13-8-7-10-5-3-4-6-11(10)15(13)12(16)9-14(17)19-2/h3-8,12H,9,16H2,1-2H3. The van der Waals surface area contributed by atoms with E-state index in [9.17, 15) is 4.79 Å². The molecule has 2 N–H and O–H groups in total. The molecule has 0 amide bonds. The molecule has 4 heteroatoms. The Morgan fingerprint density at radius 2 is 1.95 bits per heavy atom. The lowest BCUT2D eigenvalue weighted by atomic mass is 9.96. The van der Waals surface area contributed by atoms with E-state index in [1.54, 1.807) is 7.11 Å². The summed E-state index contributed by atoms with van der Waals surface area (Å²) in [5, 5.41) is 2.07. The third-order valence-corrected chi connectivity index (χ3v) is 3.14. The van der Waals surface area contributed by atoms with Gasteiger partial charge in [-0.25, -0.2) is 0 Å². The molecule has 2 aromatic rings. The third kappa shape index (κ3) is 2.69. The summed E-state index contributed by atoms with van der Waals surface area (Å²) in [5.74, 6) is 0.359. The van der Waals surface area contributed by atoms with Gasteiger partial charge in [0.1, 0.15) is 5.75 Å². The second kappa shape index (κ2) is 5.71. The van der Waals surface area contributed by atoms with Gasteiger partial charge in [-0.15, -0.1) is 0 Å². The van der Waals surface area contributed by atoms with Crippen molar-refractivity contribution >= 4 is 16.7 Å². The monoisotopic (exact) mass is 259 g/mol. The molecule has 1 unspecified atom stereocenters. The lowest BCUT2D eigenvalue weighted by molar-refractivity contribution is -0.141. The van der Waals surface area contributed by atoms with Gasteiger partial charge < -0.3 is 15.2 Å². The summed E-state index contributed by atoms with van der Waals surface area (Å²) in [6, 6.07) is 11.3. The largest absolute Gasteiger partial charge is 0.496 e. The van der Waals surface area contributed by atoms with Gasteiger partial charge in [-0.1, -0.05) is 30.3 Å². The van der Waals surface area contributed by atoms with Gasteiger partial charge >= 0.3 is 5.97 Å². The highest BCUT2D eigenvalue weighted by atomic mass is 16.5. The fourth-order valence-electron chi connectivity index (χ4n) is 2.20. The molecule has 100 valence electrons. The van der Waals surface area contributed by atoms with Crippen molar-refractivity contribution in [2.24, 2.45) is 5.73 Å². The lowest BCUT2D eigenvalue weighted by Gasteiger charge is -2.17. The van der Waals surface area contributed by atoms with Gasteiger partial charge in [-0.3, -0.25) is 4.79 Å². The number of carbonyl (C=O) groups excluding carboxylic acids is 1. The molecule has 1 atom stereocenters. The van der Waals surface area contributed by atoms with E-state index in [-0.39, 0.29) is 12.4 Å².